The molecule has 0 atom stereocenters. The van der Waals surface area contributed by atoms with Crippen molar-refractivity contribution in [2.24, 2.45) is 0 Å². The topological polar surface area (TPSA) is 96.6 Å². The van der Waals surface area contributed by atoms with Gasteiger partial charge in [-0.05, 0) is 6.07 Å². The summed E-state index contributed by atoms with van der Waals surface area (Å²) < 4.78 is 22.6. The van der Waals surface area contributed by atoms with E-state index in [1.54, 1.807) is 0 Å². The van der Waals surface area contributed by atoms with Gasteiger partial charge in [-0.2, -0.15) is 5.26 Å². The maximum atomic E-state index is 11.3. The number of aromatic nitrogens is 3. The minimum absolute atomic E-state index is 0.271. The molecule has 0 aromatic carbocycles. The lowest BCUT2D eigenvalue weighted by atomic mass is 10.3. The lowest BCUT2D eigenvalue weighted by Crippen LogP contribution is -2.04. The van der Waals surface area contributed by atoms with E-state index in [4.69, 9.17) is 5.26 Å². The van der Waals surface area contributed by atoms with Crippen molar-refractivity contribution >= 4 is 21.2 Å². The van der Waals surface area contributed by atoms with E-state index < -0.39 is 9.84 Å². The Balaban J connectivity index is 2.60. The molecule has 17 heavy (non-hydrogen) atoms. The number of hydrogen-bond acceptors (Lipinski definition) is 7. The highest BCUT2D eigenvalue weighted by Gasteiger charge is 2.15. The van der Waals surface area contributed by atoms with Crippen LogP contribution in [0.25, 0.3) is 11.4 Å². The van der Waals surface area contributed by atoms with Crippen molar-refractivity contribution in [2.75, 3.05) is 6.26 Å². The van der Waals surface area contributed by atoms with Crippen LogP contribution in [0.2, 0.25) is 0 Å². The average molecular weight is 266 g/mol. The lowest BCUT2D eigenvalue weighted by Gasteiger charge is -1.99. The molecule has 2 heterocycles. The van der Waals surface area contributed by atoms with Crippen LogP contribution in [0, 0.1) is 11.3 Å². The molecular formula is C9H6N4O2S2. The number of nitriles is 1. The quantitative estimate of drug-likeness (QED) is 0.748. The highest BCUT2D eigenvalue weighted by atomic mass is 32.2. The fourth-order valence-electron chi connectivity index (χ4n) is 1.16. The Morgan fingerprint density at radius 3 is 2.82 bits per heavy atom. The van der Waals surface area contributed by atoms with Crippen LogP contribution < -0.4 is 0 Å². The number of rotatable bonds is 2. The third-order valence-corrected chi connectivity index (χ3v) is 3.47. The number of sulfone groups is 1. The first kappa shape index (κ1) is 11.6. The van der Waals surface area contributed by atoms with Crippen molar-refractivity contribution in [3.63, 3.8) is 0 Å². The Morgan fingerprint density at radius 2 is 2.18 bits per heavy atom. The highest BCUT2D eigenvalue weighted by Crippen LogP contribution is 2.23. The average Bonchev–Trinajstić information content (AvgIpc) is 2.76. The molecule has 0 aliphatic rings. The summed E-state index contributed by atoms with van der Waals surface area (Å²) in [7, 11) is -3.47. The van der Waals surface area contributed by atoms with Gasteiger partial charge in [0.25, 0.3) is 0 Å². The monoisotopic (exact) mass is 266 g/mol. The van der Waals surface area contributed by atoms with Gasteiger partial charge in [-0.1, -0.05) is 0 Å². The molecule has 0 unspecified atom stereocenters. The largest absolute Gasteiger partial charge is 0.247 e. The Bertz CT molecular complexity index is 700. The summed E-state index contributed by atoms with van der Waals surface area (Å²) >= 11 is 1.18. The SMILES string of the molecule is CS(=O)(=O)c1nccc(-c2ncsc2C#N)n1. The molecule has 0 aliphatic carbocycles. The van der Waals surface area contributed by atoms with Gasteiger partial charge in [0.15, 0.2) is 0 Å². The van der Waals surface area contributed by atoms with E-state index in [2.05, 4.69) is 15.0 Å². The van der Waals surface area contributed by atoms with E-state index in [-0.39, 0.29) is 5.16 Å². The summed E-state index contributed by atoms with van der Waals surface area (Å²) in [4.78, 5) is 11.9. The fraction of sp³-hybridized carbons (Fsp3) is 0.111. The van der Waals surface area contributed by atoms with Crippen LogP contribution in [0.5, 0.6) is 0 Å². The lowest BCUT2D eigenvalue weighted by molar-refractivity contribution is 0.593. The summed E-state index contributed by atoms with van der Waals surface area (Å²) in [6, 6.07) is 3.50. The zero-order valence-corrected chi connectivity index (χ0v) is 10.3. The Morgan fingerprint density at radius 1 is 1.41 bits per heavy atom. The van der Waals surface area contributed by atoms with E-state index in [1.807, 2.05) is 6.07 Å². The van der Waals surface area contributed by atoms with Gasteiger partial charge < -0.3 is 0 Å². The molecule has 8 heteroatoms. The summed E-state index contributed by atoms with van der Waals surface area (Å²) in [6.45, 7) is 0. The molecule has 0 bridgehead atoms. The van der Waals surface area contributed by atoms with Gasteiger partial charge in [-0.25, -0.2) is 23.4 Å². The van der Waals surface area contributed by atoms with Crippen LogP contribution in [0.3, 0.4) is 0 Å². The van der Waals surface area contributed by atoms with Crippen LogP contribution in [0.1, 0.15) is 4.88 Å². The third kappa shape index (κ3) is 2.30. The van der Waals surface area contributed by atoms with Gasteiger partial charge in [0.2, 0.25) is 15.0 Å². The second-order valence-electron chi connectivity index (χ2n) is 3.14. The second kappa shape index (κ2) is 4.20. The van der Waals surface area contributed by atoms with Crippen molar-refractivity contribution in [3.8, 4) is 17.5 Å². The Labute approximate surface area is 102 Å². The molecule has 6 nitrogen and oxygen atoms in total. The molecule has 2 rings (SSSR count). The number of nitrogens with zero attached hydrogens (tertiary/aromatic N) is 4. The van der Waals surface area contributed by atoms with E-state index in [0.29, 0.717) is 16.3 Å². The smallest absolute Gasteiger partial charge is 0.242 e. The van der Waals surface area contributed by atoms with Crippen molar-refractivity contribution in [1.29, 1.82) is 5.26 Å². The van der Waals surface area contributed by atoms with Crippen LogP contribution in [-0.2, 0) is 9.84 Å². The summed E-state index contributed by atoms with van der Waals surface area (Å²) in [6.07, 6.45) is 2.36. The minimum atomic E-state index is -3.47. The first-order valence-electron chi connectivity index (χ1n) is 4.39. The third-order valence-electron chi connectivity index (χ3n) is 1.88. The van der Waals surface area contributed by atoms with Crippen LogP contribution in [0.4, 0.5) is 0 Å². The van der Waals surface area contributed by atoms with Gasteiger partial charge in [0, 0.05) is 12.5 Å². The summed E-state index contributed by atoms with van der Waals surface area (Å²) in [5.41, 5.74) is 2.22. The van der Waals surface area contributed by atoms with Gasteiger partial charge >= 0.3 is 0 Å². The molecule has 0 fully saturated rings. The van der Waals surface area contributed by atoms with Crippen molar-refractivity contribution < 1.29 is 8.42 Å². The summed E-state index contributed by atoms with van der Waals surface area (Å²) in [5.74, 6) is 0. The molecule has 86 valence electrons. The number of hydrogen-bond donors (Lipinski definition) is 0. The molecular weight excluding hydrogens is 260 g/mol. The normalized spacial score (nSPS) is 11.1. The number of thiazole rings is 1. The van der Waals surface area contributed by atoms with E-state index in [9.17, 15) is 8.42 Å². The van der Waals surface area contributed by atoms with Crippen molar-refractivity contribution in [3.05, 3.63) is 22.7 Å². The zero-order chi connectivity index (χ0) is 12.5. The van der Waals surface area contributed by atoms with Crippen LogP contribution in [-0.4, -0.2) is 29.6 Å². The predicted molar refractivity (Wildman–Crippen MR) is 61.0 cm³/mol. The predicted octanol–water partition coefficient (Wildman–Crippen LogP) is 0.875. The molecule has 0 saturated heterocycles. The first-order chi connectivity index (χ1) is 8.02. The van der Waals surface area contributed by atoms with E-state index >= 15 is 0 Å². The maximum Gasteiger partial charge on any atom is 0.247 e. The van der Waals surface area contributed by atoms with Crippen molar-refractivity contribution in [2.45, 2.75) is 5.16 Å². The molecule has 2 aromatic heterocycles. The molecule has 0 spiro atoms. The molecule has 0 saturated carbocycles. The Hall–Kier alpha value is -1.85. The van der Waals surface area contributed by atoms with Crippen molar-refractivity contribution in [1.82, 2.24) is 15.0 Å². The molecule has 0 N–H and O–H groups in total. The van der Waals surface area contributed by atoms with Gasteiger partial charge in [-0.3, -0.25) is 0 Å². The van der Waals surface area contributed by atoms with Gasteiger partial charge in [0.1, 0.15) is 16.6 Å². The second-order valence-corrected chi connectivity index (χ2v) is 5.90. The van der Waals surface area contributed by atoms with Crippen LogP contribution in [0.15, 0.2) is 22.9 Å². The molecule has 0 amide bonds. The van der Waals surface area contributed by atoms with E-state index in [1.165, 1.54) is 29.1 Å². The zero-order valence-electron chi connectivity index (χ0n) is 8.65. The molecule has 0 aliphatic heterocycles. The van der Waals surface area contributed by atoms with E-state index in [0.717, 1.165) is 6.26 Å². The van der Waals surface area contributed by atoms with Gasteiger partial charge in [0.05, 0.1) is 11.2 Å². The van der Waals surface area contributed by atoms with Gasteiger partial charge in [-0.15, -0.1) is 11.3 Å². The standard InChI is InChI=1S/C9H6N4O2S2/c1-17(14,15)9-11-3-2-6(13-9)8-7(4-10)16-5-12-8/h2-3,5H,1H3. The highest BCUT2D eigenvalue weighted by molar-refractivity contribution is 7.90. The maximum absolute atomic E-state index is 11.3. The first-order valence-corrected chi connectivity index (χ1v) is 7.16. The minimum Gasteiger partial charge on any atom is -0.242 e. The Kier molecular flexibility index (Phi) is 2.87. The fourth-order valence-corrected chi connectivity index (χ4v) is 2.26. The summed E-state index contributed by atoms with van der Waals surface area (Å²) in [5, 5.41) is 8.59. The van der Waals surface area contributed by atoms with Crippen LogP contribution >= 0.6 is 11.3 Å². The molecule has 0 radical (unpaired) electrons. The molecule has 2 aromatic rings.